The van der Waals surface area contributed by atoms with Gasteiger partial charge in [0.2, 0.25) is 0 Å². The topological polar surface area (TPSA) is 60.9 Å². The molecule has 3 aromatic rings. The van der Waals surface area contributed by atoms with E-state index >= 15 is 0 Å². The van der Waals surface area contributed by atoms with E-state index in [-0.39, 0.29) is 5.91 Å². The predicted molar refractivity (Wildman–Crippen MR) is 72.9 cm³/mol. The van der Waals surface area contributed by atoms with Crippen LogP contribution in [0.5, 0.6) is 0 Å². The number of nitrogens with two attached hydrogens (primary N) is 1. The van der Waals surface area contributed by atoms with Crippen LogP contribution in [-0.2, 0) is 0 Å². The average molecular weight is 257 g/mol. The smallest absolute Gasteiger partial charge is 0.273 e. The highest BCUT2D eigenvalue weighted by Gasteiger charge is 2.15. The largest absolute Gasteiger partial charge is 0.399 e. The number of hydrogen-bond acceptors (Lipinski definition) is 4. The van der Waals surface area contributed by atoms with E-state index in [2.05, 4.69) is 4.98 Å². The number of thiophene rings is 1. The van der Waals surface area contributed by atoms with E-state index in [0.29, 0.717) is 5.69 Å². The molecule has 0 spiro atoms. The van der Waals surface area contributed by atoms with Gasteiger partial charge in [0.05, 0.1) is 15.9 Å². The molecule has 0 aliphatic carbocycles. The first-order valence-corrected chi connectivity index (χ1v) is 6.36. The maximum Gasteiger partial charge on any atom is 0.273 e. The molecule has 0 aliphatic rings. The molecule has 4 nitrogen and oxygen atoms in total. The third kappa shape index (κ3) is 1.60. The van der Waals surface area contributed by atoms with Crippen molar-refractivity contribution in [2.24, 2.45) is 0 Å². The summed E-state index contributed by atoms with van der Waals surface area (Å²) in [6, 6.07) is 7.29. The molecule has 0 atom stereocenters. The van der Waals surface area contributed by atoms with Crippen LogP contribution in [0.3, 0.4) is 0 Å². The van der Waals surface area contributed by atoms with Gasteiger partial charge in [-0.3, -0.25) is 9.36 Å². The van der Waals surface area contributed by atoms with Crippen LogP contribution in [0.1, 0.15) is 15.2 Å². The van der Waals surface area contributed by atoms with Crippen LogP contribution in [-0.4, -0.2) is 15.5 Å². The maximum absolute atomic E-state index is 12.4. The Kier molecular flexibility index (Phi) is 2.41. The molecule has 0 aliphatic heterocycles. The van der Waals surface area contributed by atoms with Gasteiger partial charge in [0.1, 0.15) is 6.33 Å². The van der Waals surface area contributed by atoms with Gasteiger partial charge in [-0.05, 0) is 42.1 Å². The monoisotopic (exact) mass is 257 g/mol. The molecule has 18 heavy (non-hydrogen) atoms. The Hall–Kier alpha value is -2.14. The summed E-state index contributed by atoms with van der Waals surface area (Å²) in [5.74, 6) is -0.0465. The Morgan fingerprint density at radius 1 is 1.39 bits per heavy atom. The van der Waals surface area contributed by atoms with Crippen LogP contribution in [0.25, 0.3) is 11.0 Å². The number of fused-ring (bicyclic) bond motifs is 1. The van der Waals surface area contributed by atoms with Crippen molar-refractivity contribution in [2.45, 2.75) is 6.92 Å². The Morgan fingerprint density at radius 3 is 2.94 bits per heavy atom. The van der Waals surface area contributed by atoms with Crippen molar-refractivity contribution in [3.63, 3.8) is 0 Å². The molecule has 5 heteroatoms. The van der Waals surface area contributed by atoms with Gasteiger partial charge in [-0.1, -0.05) is 0 Å². The molecular weight excluding hydrogens is 246 g/mol. The Labute approximate surface area is 108 Å². The first-order valence-electron chi connectivity index (χ1n) is 5.48. The molecule has 2 aromatic heterocycles. The second kappa shape index (κ2) is 3.96. The normalized spacial score (nSPS) is 10.9. The van der Waals surface area contributed by atoms with Gasteiger partial charge in [0, 0.05) is 5.69 Å². The number of carbonyl (C=O) groups excluding carboxylic acids is 1. The Bertz CT molecular complexity index is 742. The van der Waals surface area contributed by atoms with Crippen LogP contribution in [0.4, 0.5) is 5.69 Å². The van der Waals surface area contributed by atoms with Crippen molar-refractivity contribution >= 4 is 34.0 Å². The molecule has 0 saturated carbocycles. The van der Waals surface area contributed by atoms with Gasteiger partial charge in [-0.15, -0.1) is 11.3 Å². The average Bonchev–Trinajstić information content (AvgIpc) is 2.94. The van der Waals surface area contributed by atoms with E-state index in [9.17, 15) is 4.79 Å². The van der Waals surface area contributed by atoms with Gasteiger partial charge in [0.25, 0.3) is 5.91 Å². The Morgan fingerprint density at radius 2 is 2.22 bits per heavy atom. The van der Waals surface area contributed by atoms with Crippen molar-refractivity contribution in [1.82, 2.24) is 9.55 Å². The zero-order chi connectivity index (χ0) is 12.7. The van der Waals surface area contributed by atoms with E-state index < -0.39 is 0 Å². The number of nitrogens with zero attached hydrogens (tertiary/aromatic N) is 2. The third-order valence-electron chi connectivity index (χ3n) is 2.85. The molecule has 0 bridgehead atoms. The fourth-order valence-corrected chi connectivity index (χ4v) is 2.75. The molecule has 0 radical (unpaired) electrons. The summed E-state index contributed by atoms with van der Waals surface area (Å²) in [5, 5.41) is 1.92. The van der Waals surface area contributed by atoms with Crippen LogP contribution >= 0.6 is 11.3 Å². The van der Waals surface area contributed by atoms with Gasteiger partial charge >= 0.3 is 0 Å². The number of nitrogen functional groups attached to an aromatic ring is 1. The summed E-state index contributed by atoms with van der Waals surface area (Å²) in [6.45, 7) is 1.93. The van der Waals surface area contributed by atoms with E-state index in [1.165, 1.54) is 11.3 Å². The highest BCUT2D eigenvalue weighted by molar-refractivity contribution is 7.12. The number of hydrogen-bond donors (Lipinski definition) is 1. The summed E-state index contributed by atoms with van der Waals surface area (Å²) in [4.78, 5) is 17.3. The van der Waals surface area contributed by atoms with Gasteiger partial charge < -0.3 is 5.73 Å². The number of rotatable bonds is 1. The third-order valence-corrected chi connectivity index (χ3v) is 3.85. The summed E-state index contributed by atoms with van der Waals surface area (Å²) in [6.07, 6.45) is 1.55. The van der Waals surface area contributed by atoms with Gasteiger partial charge in [0.15, 0.2) is 0 Å². The zero-order valence-electron chi connectivity index (χ0n) is 9.75. The molecule has 90 valence electrons. The van der Waals surface area contributed by atoms with Crippen LogP contribution in [0, 0.1) is 6.92 Å². The fourth-order valence-electron chi connectivity index (χ4n) is 1.89. The van der Waals surface area contributed by atoms with Gasteiger partial charge in [-0.2, -0.15) is 0 Å². The number of imidazole rings is 1. The summed E-state index contributed by atoms with van der Waals surface area (Å²) >= 11 is 1.44. The summed E-state index contributed by atoms with van der Waals surface area (Å²) in [5.41, 5.74) is 8.84. The van der Waals surface area contributed by atoms with Crippen LogP contribution < -0.4 is 5.73 Å². The Balaban J connectivity index is 2.16. The number of carbonyl (C=O) groups is 1. The van der Waals surface area contributed by atoms with E-state index in [1.54, 1.807) is 23.0 Å². The minimum atomic E-state index is -0.0465. The van der Waals surface area contributed by atoms with Crippen molar-refractivity contribution in [3.8, 4) is 0 Å². The molecule has 0 amide bonds. The van der Waals surface area contributed by atoms with E-state index in [4.69, 9.17) is 5.73 Å². The maximum atomic E-state index is 12.4. The minimum Gasteiger partial charge on any atom is -0.399 e. The van der Waals surface area contributed by atoms with Crippen molar-refractivity contribution < 1.29 is 4.79 Å². The first kappa shape index (κ1) is 11.0. The van der Waals surface area contributed by atoms with Crippen molar-refractivity contribution in [2.75, 3.05) is 5.73 Å². The predicted octanol–water partition coefficient (Wildman–Crippen LogP) is 2.68. The SMILES string of the molecule is Cc1ccsc1C(=O)n1cnc2cc(N)ccc21. The lowest BCUT2D eigenvalue weighted by atomic mass is 10.2. The van der Waals surface area contributed by atoms with Crippen LogP contribution in [0.2, 0.25) is 0 Å². The van der Waals surface area contributed by atoms with Crippen LogP contribution in [0.15, 0.2) is 36.0 Å². The van der Waals surface area contributed by atoms with Gasteiger partial charge in [-0.25, -0.2) is 4.98 Å². The number of benzene rings is 1. The molecular formula is C13H11N3OS. The number of aromatic nitrogens is 2. The second-order valence-corrected chi connectivity index (χ2v) is 5.02. The molecule has 2 heterocycles. The first-order chi connectivity index (χ1) is 8.66. The van der Waals surface area contributed by atoms with Crippen molar-refractivity contribution in [1.29, 1.82) is 0 Å². The fraction of sp³-hybridized carbons (Fsp3) is 0.0769. The standard InChI is InChI=1S/C13H11N3OS/c1-8-4-5-18-12(8)13(17)16-7-15-10-6-9(14)2-3-11(10)16/h2-7H,14H2,1H3. The highest BCUT2D eigenvalue weighted by Crippen LogP contribution is 2.21. The second-order valence-electron chi connectivity index (χ2n) is 4.10. The molecule has 0 saturated heterocycles. The lowest BCUT2D eigenvalue weighted by molar-refractivity contribution is 0.0968. The summed E-state index contributed by atoms with van der Waals surface area (Å²) in [7, 11) is 0. The zero-order valence-corrected chi connectivity index (χ0v) is 10.6. The lowest BCUT2D eigenvalue weighted by Crippen LogP contribution is -2.10. The van der Waals surface area contributed by atoms with E-state index in [0.717, 1.165) is 21.5 Å². The number of aryl methyl sites for hydroxylation is 1. The highest BCUT2D eigenvalue weighted by atomic mass is 32.1. The molecule has 0 unspecified atom stereocenters. The van der Waals surface area contributed by atoms with Crippen molar-refractivity contribution in [3.05, 3.63) is 46.4 Å². The lowest BCUT2D eigenvalue weighted by Gasteiger charge is -2.02. The minimum absolute atomic E-state index is 0.0465. The quantitative estimate of drug-likeness (QED) is 0.682. The molecule has 0 fully saturated rings. The molecule has 1 aromatic carbocycles. The molecule has 3 rings (SSSR count). The van der Waals surface area contributed by atoms with E-state index in [1.807, 2.05) is 24.4 Å². The number of anilines is 1. The summed E-state index contributed by atoms with van der Waals surface area (Å²) < 4.78 is 1.56. The molecule has 2 N–H and O–H groups in total.